The van der Waals surface area contributed by atoms with Gasteiger partial charge in [-0.2, -0.15) is 4.31 Å². The van der Waals surface area contributed by atoms with E-state index < -0.39 is 10.0 Å². The molecule has 1 aromatic heterocycles. The second kappa shape index (κ2) is 7.48. The Kier molecular flexibility index (Phi) is 6.63. The lowest BCUT2D eigenvalue weighted by atomic mass is 10.3. The van der Waals surface area contributed by atoms with Gasteiger partial charge in [-0.05, 0) is 25.0 Å². The highest BCUT2D eigenvalue weighted by atomic mass is 35.5. The van der Waals surface area contributed by atoms with Gasteiger partial charge in [0, 0.05) is 23.8 Å². The van der Waals surface area contributed by atoms with Crippen molar-refractivity contribution in [1.29, 1.82) is 0 Å². The summed E-state index contributed by atoms with van der Waals surface area (Å²) in [6, 6.07) is 3.59. The highest BCUT2D eigenvalue weighted by molar-refractivity contribution is 7.91. The van der Waals surface area contributed by atoms with Crippen LogP contribution in [0.3, 0.4) is 0 Å². The molecule has 0 aliphatic rings. The summed E-state index contributed by atoms with van der Waals surface area (Å²) in [5, 5.41) is 0. The van der Waals surface area contributed by atoms with Crippen LogP contribution in [0.5, 0.6) is 0 Å². The SMILES string of the molecule is CCCCN(CCCl)S(=O)(=O)c1ccc(CC)s1. The molecule has 3 nitrogen and oxygen atoms in total. The van der Waals surface area contributed by atoms with Gasteiger partial charge in [0.1, 0.15) is 4.21 Å². The third-order valence-corrected chi connectivity index (χ3v) is 6.44. The van der Waals surface area contributed by atoms with Gasteiger partial charge in [0.25, 0.3) is 10.0 Å². The maximum Gasteiger partial charge on any atom is 0.252 e. The van der Waals surface area contributed by atoms with E-state index in [1.54, 1.807) is 6.07 Å². The van der Waals surface area contributed by atoms with E-state index >= 15 is 0 Å². The van der Waals surface area contributed by atoms with E-state index in [0.717, 1.165) is 24.1 Å². The Hall–Kier alpha value is -0.100. The molecule has 0 fully saturated rings. The van der Waals surface area contributed by atoms with Crippen molar-refractivity contribution < 1.29 is 8.42 Å². The third kappa shape index (κ3) is 3.95. The predicted molar refractivity (Wildman–Crippen MR) is 78.1 cm³/mol. The van der Waals surface area contributed by atoms with Crippen LogP contribution in [-0.4, -0.2) is 31.7 Å². The molecule has 18 heavy (non-hydrogen) atoms. The highest BCUT2D eigenvalue weighted by Crippen LogP contribution is 2.25. The molecule has 1 heterocycles. The smallest absolute Gasteiger partial charge is 0.206 e. The van der Waals surface area contributed by atoms with E-state index in [1.165, 1.54) is 15.6 Å². The van der Waals surface area contributed by atoms with Crippen molar-refractivity contribution in [2.24, 2.45) is 0 Å². The number of thiophene rings is 1. The van der Waals surface area contributed by atoms with E-state index in [9.17, 15) is 8.42 Å². The van der Waals surface area contributed by atoms with Gasteiger partial charge in [-0.1, -0.05) is 20.3 Å². The predicted octanol–water partition coefficient (Wildman–Crippen LogP) is 3.34. The van der Waals surface area contributed by atoms with Crippen LogP contribution in [-0.2, 0) is 16.4 Å². The van der Waals surface area contributed by atoms with Crippen molar-refractivity contribution in [2.45, 2.75) is 37.3 Å². The van der Waals surface area contributed by atoms with Gasteiger partial charge in [0.15, 0.2) is 0 Å². The van der Waals surface area contributed by atoms with Gasteiger partial charge >= 0.3 is 0 Å². The highest BCUT2D eigenvalue weighted by Gasteiger charge is 2.24. The van der Waals surface area contributed by atoms with Crippen LogP contribution in [0, 0.1) is 0 Å². The molecular weight excluding hydrogens is 290 g/mol. The molecule has 0 saturated carbocycles. The summed E-state index contributed by atoms with van der Waals surface area (Å²) < 4.78 is 26.8. The van der Waals surface area contributed by atoms with Crippen LogP contribution in [0.2, 0.25) is 0 Å². The molecule has 0 unspecified atom stereocenters. The lowest BCUT2D eigenvalue weighted by Gasteiger charge is -2.19. The van der Waals surface area contributed by atoms with Crippen LogP contribution in [0.15, 0.2) is 16.3 Å². The number of hydrogen-bond acceptors (Lipinski definition) is 3. The number of nitrogens with zero attached hydrogens (tertiary/aromatic N) is 1. The van der Waals surface area contributed by atoms with E-state index in [2.05, 4.69) is 0 Å². The monoisotopic (exact) mass is 309 g/mol. The first kappa shape index (κ1) is 16.0. The van der Waals surface area contributed by atoms with Crippen molar-refractivity contribution in [1.82, 2.24) is 4.31 Å². The standard InChI is InChI=1S/C12H20ClNO2S2/c1-3-5-9-14(10-8-13)18(15,16)12-7-6-11(4-2)17-12/h6-7H,3-5,8-10H2,1-2H3. The topological polar surface area (TPSA) is 37.4 Å². The lowest BCUT2D eigenvalue weighted by Crippen LogP contribution is -2.33. The molecule has 104 valence electrons. The Bertz CT molecular complexity index is 456. The summed E-state index contributed by atoms with van der Waals surface area (Å²) in [6.07, 6.45) is 2.70. The van der Waals surface area contributed by atoms with E-state index in [4.69, 9.17) is 11.6 Å². The maximum atomic E-state index is 12.4. The van der Waals surface area contributed by atoms with Crippen LogP contribution in [0.4, 0.5) is 0 Å². The Balaban J connectivity index is 2.92. The fraction of sp³-hybridized carbons (Fsp3) is 0.667. The van der Waals surface area contributed by atoms with E-state index in [-0.39, 0.29) is 0 Å². The number of rotatable bonds is 8. The van der Waals surface area contributed by atoms with Gasteiger partial charge in [-0.3, -0.25) is 0 Å². The van der Waals surface area contributed by atoms with Gasteiger partial charge in [0.05, 0.1) is 0 Å². The van der Waals surface area contributed by atoms with Crippen LogP contribution < -0.4 is 0 Å². The van der Waals surface area contributed by atoms with Gasteiger partial charge in [-0.15, -0.1) is 22.9 Å². The summed E-state index contributed by atoms with van der Waals surface area (Å²) >= 11 is 7.05. The first-order chi connectivity index (χ1) is 8.56. The van der Waals surface area contributed by atoms with Gasteiger partial charge in [-0.25, -0.2) is 8.42 Å². The fourth-order valence-electron chi connectivity index (χ4n) is 1.60. The summed E-state index contributed by atoms with van der Waals surface area (Å²) in [4.78, 5) is 1.09. The number of unbranched alkanes of at least 4 members (excludes halogenated alkanes) is 1. The lowest BCUT2D eigenvalue weighted by molar-refractivity contribution is 0.421. The molecule has 0 aliphatic carbocycles. The Morgan fingerprint density at radius 3 is 2.50 bits per heavy atom. The molecule has 0 spiro atoms. The zero-order valence-electron chi connectivity index (χ0n) is 10.9. The molecule has 0 aromatic carbocycles. The zero-order valence-corrected chi connectivity index (χ0v) is 13.2. The zero-order chi connectivity index (χ0) is 13.6. The molecule has 6 heteroatoms. The summed E-state index contributed by atoms with van der Waals surface area (Å²) in [5.74, 6) is 0.328. The number of hydrogen-bond donors (Lipinski definition) is 0. The minimum atomic E-state index is -3.36. The molecule has 0 N–H and O–H groups in total. The number of aryl methyl sites for hydroxylation is 1. The van der Waals surface area contributed by atoms with Crippen molar-refractivity contribution in [3.05, 3.63) is 17.0 Å². The minimum Gasteiger partial charge on any atom is -0.206 e. The fourth-order valence-corrected chi connectivity index (χ4v) is 4.83. The molecule has 0 atom stereocenters. The van der Waals surface area contributed by atoms with Gasteiger partial charge in [0.2, 0.25) is 0 Å². The molecule has 0 bridgehead atoms. The van der Waals surface area contributed by atoms with Crippen LogP contribution in [0.25, 0.3) is 0 Å². The Morgan fingerprint density at radius 2 is 2.00 bits per heavy atom. The Labute approximate surface area is 119 Å². The summed E-state index contributed by atoms with van der Waals surface area (Å²) in [6.45, 7) is 5.00. The average molecular weight is 310 g/mol. The molecule has 0 aliphatic heterocycles. The Morgan fingerprint density at radius 1 is 1.28 bits per heavy atom. The quantitative estimate of drug-likeness (QED) is 0.691. The van der Waals surface area contributed by atoms with Crippen molar-refractivity contribution in [3.8, 4) is 0 Å². The maximum absolute atomic E-state index is 12.4. The normalized spacial score (nSPS) is 12.2. The average Bonchev–Trinajstić information content (AvgIpc) is 2.83. The number of alkyl halides is 1. The molecule has 0 amide bonds. The third-order valence-electron chi connectivity index (χ3n) is 2.67. The largest absolute Gasteiger partial charge is 0.252 e. The van der Waals surface area contributed by atoms with Crippen LogP contribution >= 0.6 is 22.9 Å². The molecular formula is C12H20ClNO2S2. The van der Waals surface area contributed by atoms with E-state index in [1.807, 2.05) is 19.9 Å². The summed E-state index contributed by atoms with van der Waals surface area (Å²) in [7, 11) is -3.36. The van der Waals surface area contributed by atoms with E-state index in [0.29, 0.717) is 23.2 Å². The number of halogens is 1. The molecule has 0 radical (unpaired) electrons. The van der Waals surface area contributed by atoms with Crippen LogP contribution in [0.1, 0.15) is 31.6 Å². The van der Waals surface area contributed by atoms with Gasteiger partial charge < -0.3 is 0 Å². The van der Waals surface area contributed by atoms with Crippen molar-refractivity contribution in [2.75, 3.05) is 19.0 Å². The second-order valence-electron chi connectivity index (χ2n) is 4.02. The number of sulfonamides is 1. The minimum absolute atomic E-state index is 0.328. The van der Waals surface area contributed by atoms with Crippen molar-refractivity contribution in [3.63, 3.8) is 0 Å². The second-order valence-corrected chi connectivity index (χ2v) is 7.73. The molecule has 1 rings (SSSR count). The van der Waals surface area contributed by atoms with Crippen molar-refractivity contribution >= 4 is 33.0 Å². The first-order valence-electron chi connectivity index (χ1n) is 6.21. The first-order valence-corrected chi connectivity index (χ1v) is 9.00. The molecule has 0 saturated heterocycles. The molecule has 1 aromatic rings. The summed E-state index contributed by atoms with van der Waals surface area (Å²) in [5.41, 5.74) is 0.